The topological polar surface area (TPSA) is 101 Å². The first-order valence-electron chi connectivity index (χ1n) is 6.89. The van der Waals surface area contributed by atoms with Gasteiger partial charge in [0.25, 0.3) is 0 Å². The second-order valence-electron chi connectivity index (χ2n) is 4.81. The summed E-state index contributed by atoms with van der Waals surface area (Å²) in [4.78, 5) is 12.7. The van der Waals surface area contributed by atoms with Gasteiger partial charge >= 0.3 is 5.97 Å². The van der Waals surface area contributed by atoms with Crippen LogP contribution in [-0.2, 0) is 9.84 Å². The number of nitrogens with zero attached hydrogens (tertiary/aromatic N) is 1. The standard InChI is InChI=1S/C14H22N2O4S/c1-3-8-21(19,20)9-7-16(4-2)13-6-5-11(14(17)18)10-12(13)15/h5-6,10H,3-4,7-9,15H2,1-2H3,(H,17,18). The number of benzene rings is 1. The van der Waals surface area contributed by atoms with Crippen molar-refractivity contribution < 1.29 is 18.3 Å². The van der Waals surface area contributed by atoms with E-state index in [1.165, 1.54) is 12.1 Å². The molecule has 21 heavy (non-hydrogen) atoms. The van der Waals surface area contributed by atoms with Crippen molar-refractivity contribution in [3.63, 3.8) is 0 Å². The van der Waals surface area contributed by atoms with E-state index < -0.39 is 15.8 Å². The molecule has 0 atom stereocenters. The molecule has 3 N–H and O–H groups in total. The van der Waals surface area contributed by atoms with Crippen LogP contribution in [0, 0.1) is 0 Å². The van der Waals surface area contributed by atoms with Crippen LogP contribution in [0.15, 0.2) is 18.2 Å². The highest BCUT2D eigenvalue weighted by atomic mass is 32.2. The smallest absolute Gasteiger partial charge is 0.335 e. The average molecular weight is 314 g/mol. The fraction of sp³-hybridized carbons (Fsp3) is 0.500. The van der Waals surface area contributed by atoms with E-state index in [1.54, 1.807) is 6.07 Å². The second-order valence-corrected chi connectivity index (χ2v) is 7.11. The monoisotopic (exact) mass is 314 g/mol. The Bertz CT molecular complexity index is 599. The third-order valence-electron chi connectivity index (χ3n) is 3.18. The van der Waals surface area contributed by atoms with Gasteiger partial charge in [0.1, 0.15) is 0 Å². The minimum absolute atomic E-state index is 0.0643. The summed E-state index contributed by atoms with van der Waals surface area (Å²) >= 11 is 0. The molecule has 1 aromatic rings. The predicted octanol–water partition coefficient (Wildman–Crippen LogP) is 1.62. The number of anilines is 2. The quantitative estimate of drug-likeness (QED) is 0.707. The largest absolute Gasteiger partial charge is 0.478 e. The number of sulfone groups is 1. The highest BCUT2D eigenvalue weighted by Crippen LogP contribution is 2.24. The summed E-state index contributed by atoms with van der Waals surface area (Å²) in [5.74, 6) is -0.797. The number of carboxylic acid groups (broad SMARTS) is 1. The first-order valence-corrected chi connectivity index (χ1v) is 8.71. The van der Waals surface area contributed by atoms with Crippen LogP contribution >= 0.6 is 0 Å². The first-order chi connectivity index (χ1) is 9.80. The van der Waals surface area contributed by atoms with E-state index in [2.05, 4.69) is 0 Å². The van der Waals surface area contributed by atoms with Crippen LogP contribution in [0.4, 0.5) is 11.4 Å². The lowest BCUT2D eigenvalue weighted by molar-refractivity contribution is 0.0697. The molecule has 1 aromatic carbocycles. The summed E-state index contributed by atoms with van der Waals surface area (Å²) in [7, 11) is -3.06. The average Bonchev–Trinajstić information content (AvgIpc) is 2.40. The molecular weight excluding hydrogens is 292 g/mol. The van der Waals surface area contributed by atoms with Gasteiger partial charge in [0.2, 0.25) is 0 Å². The minimum Gasteiger partial charge on any atom is -0.478 e. The molecular formula is C14H22N2O4S. The predicted molar refractivity (Wildman–Crippen MR) is 84.6 cm³/mol. The summed E-state index contributed by atoms with van der Waals surface area (Å²) in [6.45, 7) is 4.67. The lowest BCUT2D eigenvalue weighted by Crippen LogP contribution is -2.30. The maximum absolute atomic E-state index is 11.8. The number of carboxylic acids is 1. The van der Waals surface area contributed by atoms with Crippen LogP contribution in [0.3, 0.4) is 0 Å². The van der Waals surface area contributed by atoms with E-state index >= 15 is 0 Å². The van der Waals surface area contributed by atoms with Crippen molar-refractivity contribution >= 4 is 27.2 Å². The molecule has 7 heteroatoms. The van der Waals surface area contributed by atoms with Crippen LogP contribution in [0.1, 0.15) is 30.6 Å². The van der Waals surface area contributed by atoms with Gasteiger partial charge in [-0.25, -0.2) is 13.2 Å². The normalized spacial score (nSPS) is 11.3. The zero-order chi connectivity index (χ0) is 16.0. The molecule has 118 valence electrons. The summed E-state index contributed by atoms with van der Waals surface area (Å²) in [6, 6.07) is 4.48. The van der Waals surface area contributed by atoms with Crippen molar-refractivity contribution in [2.24, 2.45) is 0 Å². The Labute approximate surface area is 125 Å². The third-order valence-corrected chi connectivity index (χ3v) is 5.02. The summed E-state index contributed by atoms with van der Waals surface area (Å²) < 4.78 is 23.5. The number of nitrogens with two attached hydrogens (primary N) is 1. The van der Waals surface area contributed by atoms with E-state index in [9.17, 15) is 13.2 Å². The van der Waals surface area contributed by atoms with Crippen molar-refractivity contribution in [3.05, 3.63) is 23.8 Å². The number of aromatic carboxylic acids is 1. The van der Waals surface area contributed by atoms with Gasteiger partial charge in [-0.05, 0) is 31.5 Å². The highest BCUT2D eigenvalue weighted by molar-refractivity contribution is 7.91. The van der Waals surface area contributed by atoms with E-state index in [4.69, 9.17) is 10.8 Å². The Morgan fingerprint density at radius 1 is 1.29 bits per heavy atom. The Morgan fingerprint density at radius 2 is 1.95 bits per heavy atom. The number of nitrogen functional groups attached to an aromatic ring is 1. The van der Waals surface area contributed by atoms with Gasteiger partial charge < -0.3 is 15.7 Å². The maximum Gasteiger partial charge on any atom is 0.335 e. The Kier molecular flexibility index (Phi) is 6.02. The van der Waals surface area contributed by atoms with Crippen LogP contribution in [0.5, 0.6) is 0 Å². The van der Waals surface area contributed by atoms with Gasteiger partial charge in [-0.3, -0.25) is 0 Å². The number of hydrogen-bond acceptors (Lipinski definition) is 5. The molecule has 0 unspecified atom stereocenters. The van der Waals surface area contributed by atoms with Gasteiger partial charge in [0, 0.05) is 18.8 Å². The fourth-order valence-corrected chi connectivity index (χ4v) is 3.41. The van der Waals surface area contributed by atoms with Gasteiger partial charge in [-0.15, -0.1) is 0 Å². The zero-order valence-electron chi connectivity index (χ0n) is 12.4. The molecule has 6 nitrogen and oxygen atoms in total. The summed E-state index contributed by atoms with van der Waals surface area (Å²) in [6.07, 6.45) is 0.601. The van der Waals surface area contributed by atoms with E-state index in [1.807, 2.05) is 18.7 Å². The molecule has 0 bridgehead atoms. The number of hydrogen-bond donors (Lipinski definition) is 2. The molecule has 1 rings (SSSR count). The van der Waals surface area contributed by atoms with Gasteiger partial charge in [0.05, 0.1) is 22.7 Å². The molecule has 0 aliphatic rings. The van der Waals surface area contributed by atoms with Gasteiger partial charge in [0.15, 0.2) is 9.84 Å². The van der Waals surface area contributed by atoms with Crippen LogP contribution < -0.4 is 10.6 Å². The molecule has 0 saturated carbocycles. The number of rotatable bonds is 8. The van der Waals surface area contributed by atoms with Crippen molar-refractivity contribution in [2.75, 3.05) is 35.2 Å². The van der Waals surface area contributed by atoms with E-state index in [-0.39, 0.29) is 17.1 Å². The minimum atomic E-state index is -3.06. The van der Waals surface area contributed by atoms with Gasteiger partial charge in [-0.1, -0.05) is 6.92 Å². The number of carbonyl (C=O) groups is 1. The van der Waals surface area contributed by atoms with Crippen molar-refractivity contribution in [1.82, 2.24) is 0 Å². The molecule has 0 saturated heterocycles. The van der Waals surface area contributed by atoms with Crippen molar-refractivity contribution in [1.29, 1.82) is 0 Å². The summed E-state index contributed by atoms with van der Waals surface area (Å²) in [5.41, 5.74) is 6.99. The molecule has 0 heterocycles. The molecule has 0 amide bonds. The fourth-order valence-electron chi connectivity index (χ4n) is 2.09. The molecule has 0 aliphatic carbocycles. The van der Waals surface area contributed by atoms with E-state index in [0.717, 1.165) is 0 Å². The molecule has 0 aliphatic heterocycles. The molecule has 0 fully saturated rings. The third kappa shape index (κ3) is 4.93. The van der Waals surface area contributed by atoms with Crippen LogP contribution in [-0.4, -0.2) is 44.1 Å². The lowest BCUT2D eigenvalue weighted by atomic mass is 10.1. The van der Waals surface area contributed by atoms with Crippen molar-refractivity contribution in [3.8, 4) is 0 Å². The van der Waals surface area contributed by atoms with Crippen molar-refractivity contribution in [2.45, 2.75) is 20.3 Å². The Balaban J connectivity index is 2.88. The molecule has 0 spiro atoms. The zero-order valence-corrected chi connectivity index (χ0v) is 13.2. The van der Waals surface area contributed by atoms with Gasteiger partial charge in [-0.2, -0.15) is 0 Å². The van der Waals surface area contributed by atoms with Crippen LogP contribution in [0.25, 0.3) is 0 Å². The molecule has 0 aromatic heterocycles. The van der Waals surface area contributed by atoms with Crippen LogP contribution in [0.2, 0.25) is 0 Å². The second kappa shape index (κ2) is 7.31. The van der Waals surface area contributed by atoms with E-state index in [0.29, 0.717) is 30.9 Å². The summed E-state index contributed by atoms with van der Waals surface area (Å²) in [5, 5.41) is 8.92. The maximum atomic E-state index is 11.8. The Hall–Kier alpha value is -1.76. The lowest BCUT2D eigenvalue weighted by Gasteiger charge is -2.24. The Morgan fingerprint density at radius 3 is 2.43 bits per heavy atom. The SMILES string of the molecule is CCCS(=O)(=O)CCN(CC)c1ccc(C(=O)O)cc1N. The molecule has 0 radical (unpaired) electrons. The highest BCUT2D eigenvalue weighted by Gasteiger charge is 2.15. The first kappa shape index (κ1) is 17.3.